The molecule has 0 aromatic carbocycles. The minimum absolute atomic E-state index is 0.172. The molecule has 116 valence electrons. The molecule has 21 heavy (non-hydrogen) atoms. The van der Waals surface area contributed by atoms with Crippen LogP contribution in [-0.4, -0.2) is 44.8 Å². The molecule has 1 atom stereocenters. The average molecular weight is 298 g/mol. The van der Waals surface area contributed by atoms with Crippen LogP contribution in [0.4, 0.5) is 0 Å². The number of hydrogen-bond acceptors (Lipinski definition) is 7. The molecule has 1 heterocycles. The molecule has 0 fully saturated rings. The number of aliphatic hydroxyl groups is 2. The molecule has 4 N–H and O–H groups in total. The second-order valence-corrected chi connectivity index (χ2v) is 4.40. The van der Waals surface area contributed by atoms with Crippen molar-refractivity contribution in [3.63, 3.8) is 0 Å². The van der Waals surface area contributed by atoms with Crippen LogP contribution in [0.3, 0.4) is 0 Å². The van der Waals surface area contributed by atoms with Gasteiger partial charge in [-0.25, -0.2) is 4.79 Å². The summed E-state index contributed by atoms with van der Waals surface area (Å²) in [7, 11) is 0. The zero-order valence-corrected chi connectivity index (χ0v) is 11.8. The number of aryl methyl sites for hydroxylation is 1. The molecule has 1 aromatic rings. The normalized spacial score (nSPS) is 11.8. The van der Waals surface area contributed by atoms with E-state index in [-0.39, 0.29) is 24.5 Å². The Hall–Kier alpha value is -2.19. The van der Waals surface area contributed by atoms with Gasteiger partial charge < -0.3 is 25.4 Å². The molecule has 8 nitrogen and oxygen atoms in total. The smallest absolute Gasteiger partial charge is 0.331 e. The Morgan fingerprint density at radius 1 is 1.43 bits per heavy atom. The third kappa shape index (κ3) is 4.40. The Labute approximate surface area is 121 Å². The van der Waals surface area contributed by atoms with Crippen LogP contribution in [0.5, 0.6) is 5.75 Å². The lowest BCUT2D eigenvalue weighted by Gasteiger charge is -2.16. The van der Waals surface area contributed by atoms with E-state index in [1.54, 1.807) is 6.92 Å². The van der Waals surface area contributed by atoms with Crippen molar-refractivity contribution >= 4 is 11.9 Å². The van der Waals surface area contributed by atoms with E-state index in [4.69, 9.17) is 9.84 Å². The van der Waals surface area contributed by atoms with Crippen LogP contribution in [0.1, 0.15) is 23.7 Å². The van der Waals surface area contributed by atoms with Crippen molar-refractivity contribution in [2.45, 2.75) is 33.1 Å². The molecule has 0 aliphatic rings. The van der Waals surface area contributed by atoms with Crippen molar-refractivity contribution in [1.29, 1.82) is 0 Å². The first-order valence-electron chi connectivity index (χ1n) is 6.22. The van der Waals surface area contributed by atoms with Crippen molar-refractivity contribution < 1.29 is 29.6 Å². The average Bonchev–Trinajstić information content (AvgIpc) is 2.45. The van der Waals surface area contributed by atoms with Gasteiger partial charge in [0.25, 0.3) is 0 Å². The fourth-order valence-corrected chi connectivity index (χ4v) is 1.65. The fourth-order valence-electron chi connectivity index (χ4n) is 1.65. The van der Waals surface area contributed by atoms with Crippen LogP contribution in [0.2, 0.25) is 0 Å². The second kappa shape index (κ2) is 7.55. The number of amides is 1. The number of ether oxygens (including phenoxy) is 1. The van der Waals surface area contributed by atoms with Crippen LogP contribution >= 0.6 is 0 Å². The first-order valence-corrected chi connectivity index (χ1v) is 6.22. The first kappa shape index (κ1) is 16.9. The van der Waals surface area contributed by atoms with Crippen molar-refractivity contribution in [2.75, 3.05) is 6.61 Å². The molecule has 0 saturated carbocycles. The van der Waals surface area contributed by atoms with Crippen LogP contribution in [0.25, 0.3) is 0 Å². The van der Waals surface area contributed by atoms with E-state index in [9.17, 15) is 19.8 Å². The highest BCUT2D eigenvalue weighted by atomic mass is 16.5. The summed E-state index contributed by atoms with van der Waals surface area (Å²) in [6, 6.07) is -1.18. The van der Waals surface area contributed by atoms with E-state index in [1.807, 2.05) is 0 Å². The number of hydrogen-bond donors (Lipinski definition) is 4. The molecule has 1 aromatic heterocycles. The number of pyridine rings is 1. The molecule has 0 aliphatic carbocycles. The number of aromatic hydroxyl groups is 1. The maximum Gasteiger partial charge on any atom is 0.331 e. The second-order valence-electron chi connectivity index (χ2n) is 4.40. The number of nitrogens with zero attached hydrogens (tertiary/aromatic N) is 1. The van der Waals surface area contributed by atoms with Gasteiger partial charge >= 0.3 is 5.97 Å². The third-order valence-electron chi connectivity index (χ3n) is 2.80. The predicted molar refractivity (Wildman–Crippen MR) is 71.0 cm³/mol. The molecule has 1 amide bonds. The molecule has 1 rings (SSSR count). The Morgan fingerprint density at radius 3 is 2.62 bits per heavy atom. The highest BCUT2D eigenvalue weighted by Gasteiger charge is 2.21. The predicted octanol–water partition coefficient (Wildman–Crippen LogP) is -0.872. The molecule has 0 saturated heterocycles. The molecular formula is C13H18N2O6. The van der Waals surface area contributed by atoms with Crippen molar-refractivity contribution in [3.05, 3.63) is 23.0 Å². The third-order valence-corrected chi connectivity index (χ3v) is 2.80. The van der Waals surface area contributed by atoms with Gasteiger partial charge in [0.15, 0.2) is 6.04 Å². The Balaban J connectivity index is 2.81. The Morgan fingerprint density at radius 2 is 2.10 bits per heavy atom. The van der Waals surface area contributed by atoms with E-state index in [2.05, 4.69) is 10.3 Å². The summed E-state index contributed by atoms with van der Waals surface area (Å²) in [4.78, 5) is 26.5. The lowest BCUT2D eigenvalue weighted by atomic mass is 10.1. The van der Waals surface area contributed by atoms with Crippen LogP contribution < -0.4 is 5.32 Å². The molecule has 8 heteroatoms. The van der Waals surface area contributed by atoms with E-state index < -0.39 is 24.5 Å². The summed E-state index contributed by atoms with van der Waals surface area (Å²) in [5.74, 6) is -1.50. The maximum atomic E-state index is 11.7. The van der Waals surface area contributed by atoms with Crippen molar-refractivity contribution in [1.82, 2.24) is 10.3 Å². The van der Waals surface area contributed by atoms with Crippen molar-refractivity contribution in [2.24, 2.45) is 0 Å². The van der Waals surface area contributed by atoms with E-state index in [0.29, 0.717) is 11.3 Å². The molecule has 0 spiro atoms. The summed E-state index contributed by atoms with van der Waals surface area (Å²) >= 11 is 0. The number of carbonyl (C=O) groups excluding carboxylic acids is 2. The van der Waals surface area contributed by atoms with Crippen LogP contribution in [-0.2, 0) is 27.5 Å². The summed E-state index contributed by atoms with van der Waals surface area (Å²) < 4.78 is 4.95. The highest BCUT2D eigenvalue weighted by molar-refractivity contribution is 5.83. The molecule has 0 bridgehead atoms. The maximum absolute atomic E-state index is 11.7. The number of nitrogens with one attached hydrogen (secondary N) is 1. The van der Waals surface area contributed by atoms with Crippen LogP contribution in [0.15, 0.2) is 6.20 Å². The van der Waals surface area contributed by atoms with E-state index in [1.165, 1.54) is 13.1 Å². The largest absolute Gasteiger partial charge is 0.506 e. The highest BCUT2D eigenvalue weighted by Crippen LogP contribution is 2.24. The number of rotatable bonds is 6. The summed E-state index contributed by atoms with van der Waals surface area (Å²) in [5, 5.41) is 30.3. The van der Waals surface area contributed by atoms with Crippen molar-refractivity contribution in [3.8, 4) is 5.75 Å². The lowest BCUT2D eigenvalue weighted by Crippen LogP contribution is -2.43. The van der Waals surface area contributed by atoms with Gasteiger partial charge in [0.05, 0.1) is 18.9 Å². The Bertz CT molecular complexity index is 532. The lowest BCUT2D eigenvalue weighted by molar-refractivity contribution is -0.150. The number of aliphatic hydroxyl groups excluding tert-OH is 2. The number of esters is 1. The molecule has 0 aliphatic heterocycles. The van der Waals surface area contributed by atoms with Gasteiger partial charge in [-0.3, -0.25) is 9.78 Å². The summed E-state index contributed by atoms with van der Waals surface area (Å²) in [6.07, 6.45) is 1.37. The quantitative estimate of drug-likeness (QED) is 0.502. The van der Waals surface area contributed by atoms with Crippen LogP contribution in [0, 0.1) is 6.92 Å². The van der Waals surface area contributed by atoms with Gasteiger partial charge in [-0.1, -0.05) is 0 Å². The summed E-state index contributed by atoms with van der Waals surface area (Å²) in [5.41, 5.74) is 0.891. The topological polar surface area (TPSA) is 129 Å². The monoisotopic (exact) mass is 298 g/mol. The van der Waals surface area contributed by atoms with Gasteiger partial charge in [-0.2, -0.15) is 0 Å². The number of aromatic nitrogens is 1. The molecule has 0 unspecified atom stereocenters. The summed E-state index contributed by atoms with van der Waals surface area (Å²) in [6.45, 7) is 1.49. The fraction of sp³-hybridized carbons (Fsp3) is 0.462. The van der Waals surface area contributed by atoms with Gasteiger partial charge in [0.1, 0.15) is 12.4 Å². The standard InChI is InChI=1S/C13H18N2O6/c1-7-12(19)10(9(4-16)3-14-7)6-21-13(20)11(5-17)15-8(2)18/h3,11,16-17,19H,4-6H2,1-2H3,(H,15,18)/t11-/m0/s1. The van der Waals surface area contributed by atoms with Gasteiger partial charge in [0, 0.05) is 24.2 Å². The number of carbonyl (C=O) groups is 2. The van der Waals surface area contributed by atoms with Gasteiger partial charge in [-0.15, -0.1) is 0 Å². The molecular weight excluding hydrogens is 280 g/mol. The zero-order chi connectivity index (χ0) is 16.0. The SMILES string of the molecule is CC(=O)N[C@@H](CO)C(=O)OCc1c(CO)cnc(C)c1O. The minimum Gasteiger partial charge on any atom is -0.506 e. The Kier molecular flexibility index (Phi) is 6.07. The first-order chi connectivity index (χ1) is 9.90. The van der Waals surface area contributed by atoms with Gasteiger partial charge in [-0.05, 0) is 6.92 Å². The van der Waals surface area contributed by atoms with E-state index >= 15 is 0 Å². The van der Waals surface area contributed by atoms with Gasteiger partial charge in [0.2, 0.25) is 5.91 Å². The minimum atomic E-state index is -1.18. The van der Waals surface area contributed by atoms with E-state index in [0.717, 1.165) is 0 Å². The zero-order valence-electron chi connectivity index (χ0n) is 11.8. The molecule has 0 radical (unpaired) electrons.